The molecule has 1 heterocycles. The molecular formula is C15H8Cl3FN2. The number of hydrogen-bond acceptors (Lipinski definition) is 2. The van der Waals surface area contributed by atoms with Gasteiger partial charge in [-0.15, -0.1) is 0 Å². The van der Waals surface area contributed by atoms with Crippen LogP contribution in [0.1, 0.15) is 5.56 Å². The number of nitrogens with zero attached hydrogens (tertiary/aromatic N) is 2. The van der Waals surface area contributed by atoms with Crippen LogP contribution in [-0.4, -0.2) is 9.97 Å². The van der Waals surface area contributed by atoms with Crippen molar-refractivity contribution < 1.29 is 4.39 Å². The number of aromatic nitrogens is 2. The lowest BCUT2D eigenvalue weighted by Crippen LogP contribution is -1.95. The first-order chi connectivity index (χ1) is 9.97. The lowest BCUT2D eigenvalue weighted by molar-refractivity contribution is 0.628. The Hall–Kier alpha value is -1.42. The highest BCUT2D eigenvalue weighted by atomic mass is 35.5. The average molecular weight is 342 g/mol. The number of halogens is 4. The number of fused-ring (bicyclic) bond motifs is 1. The van der Waals surface area contributed by atoms with Crippen molar-refractivity contribution >= 4 is 45.7 Å². The van der Waals surface area contributed by atoms with E-state index in [0.717, 1.165) is 5.56 Å². The summed E-state index contributed by atoms with van der Waals surface area (Å²) < 4.78 is 13.6. The van der Waals surface area contributed by atoms with E-state index in [-0.39, 0.29) is 10.2 Å². The molecule has 0 fully saturated rings. The summed E-state index contributed by atoms with van der Waals surface area (Å²) in [5, 5.41) is 1.49. The van der Waals surface area contributed by atoms with E-state index in [1.165, 1.54) is 12.1 Å². The molecule has 2 aromatic carbocycles. The van der Waals surface area contributed by atoms with Gasteiger partial charge >= 0.3 is 0 Å². The molecule has 0 unspecified atom stereocenters. The van der Waals surface area contributed by atoms with Gasteiger partial charge in [-0.25, -0.2) is 14.4 Å². The Balaban J connectivity index is 2.30. The van der Waals surface area contributed by atoms with Gasteiger partial charge in [-0.3, -0.25) is 0 Å². The summed E-state index contributed by atoms with van der Waals surface area (Å²) in [6, 6.07) is 7.94. The SMILES string of the molecule is Cc1ccc(Cl)c2nc(-c3ccc(Cl)c(F)c3)nc(Cl)c12. The van der Waals surface area contributed by atoms with E-state index in [9.17, 15) is 4.39 Å². The first-order valence-corrected chi connectivity index (χ1v) is 7.18. The maximum Gasteiger partial charge on any atom is 0.161 e. The molecule has 21 heavy (non-hydrogen) atoms. The lowest BCUT2D eigenvalue weighted by Gasteiger charge is -2.08. The molecule has 0 amide bonds. The van der Waals surface area contributed by atoms with Crippen LogP contribution in [0.25, 0.3) is 22.3 Å². The molecule has 3 aromatic rings. The van der Waals surface area contributed by atoms with E-state index in [2.05, 4.69) is 9.97 Å². The lowest BCUT2D eigenvalue weighted by atomic mass is 10.1. The topological polar surface area (TPSA) is 25.8 Å². The minimum Gasteiger partial charge on any atom is -0.226 e. The van der Waals surface area contributed by atoms with Crippen LogP contribution in [0.5, 0.6) is 0 Å². The molecular weight excluding hydrogens is 334 g/mol. The second-order valence-electron chi connectivity index (χ2n) is 4.55. The fourth-order valence-corrected chi connectivity index (χ4v) is 2.72. The monoisotopic (exact) mass is 340 g/mol. The van der Waals surface area contributed by atoms with E-state index in [1.807, 2.05) is 13.0 Å². The standard InChI is InChI=1S/C15H8Cl3FN2/c1-7-2-4-10(17)13-12(7)14(18)21-15(20-13)8-3-5-9(16)11(19)6-8/h2-6H,1H3. The summed E-state index contributed by atoms with van der Waals surface area (Å²) >= 11 is 18.1. The molecule has 1 aromatic heterocycles. The first-order valence-electron chi connectivity index (χ1n) is 6.05. The predicted octanol–water partition coefficient (Wildman–Crippen LogP) is 5.70. The van der Waals surface area contributed by atoms with Gasteiger partial charge in [0, 0.05) is 10.9 Å². The summed E-state index contributed by atoms with van der Waals surface area (Å²) in [4.78, 5) is 8.63. The second-order valence-corrected chi connectivity index (χ2v) is 5.73. The van der Waals surface area contributed by atoms with Gasteiger partial charge in [0.25, 0.3) is 0 Å². The normalized spacial score (nSPS) is 11.1. The summed E-state index contributed by atoms with van der Waals surface area (Å²) in [7, 11) is 0. The van der Waals surface area contributed by atoms with Gasteiger partial charge in [-0.1, -0.05) is 40.9 Å². The fraction of sp³-hybridized carbons (Fsp3) is 0.0667. The van der Waals surface area contributed by atoms with E-state index in [0.29, 0.717) is 27.3 Å². The van der Waals surface area contributed by atoms with Crippen LogP contribution >= 0.6 is 34.8 Å². The zero-order valence-corrected chi connectivity index (χ0v) is 13.1. The molecule has 2 nitrogen and oxygen atoms in total. The van der Waals surface area contributed by atoms with E-state index in [1.54, 1.807) is 12.1 Å². The molecule has 3 rings (SSSR count). The molecule has 0 saturated carbocycles. The van der Waals surface area contributed by atoms with E-state index < -0.39 is 5.82 Å². The van der Waals surface area contributed by atoms with Crippen LogP contribution in [0.15, 0.2) is 30.3 Å². The Morgan fingerprint density at radius 1 is 0.952 bits per heavy atom. The molecule has 0 N–H and O–H groups in total. The van der Waals surface area contributed by atoms with Crippen LogP contribution in [0.4, 0.5) is 4.39 Å². The number of hydrogen-bond donors (Lipinski definition) is 0. The summed E-state index contributed by atoms with van der Waals surface area (Å²) in [5.41, 5.74) is 1.95. The molecule has 0 radical (unpaired) electrons. The van der Waals surface area contributed by atoms with Gasteiger partial charge in [0.1, 0.15) is 11.0 Å². The van der Waals surface area contributed by atoms with Crippen molar-refractivity contribution in [1.29, 1.82) is 0 Å². The third-order valence-corrected chi connectivity index (χ3v) is 4.03. The van der Waals surface area contributed by atoms with Crippen molar-refractivity contribution in [3.8, 4) is 11.4 Å². The van der Waals surface area contributed by atoms with Crippen molar-refractivity contribution in [3.63, 3.8) is 0 Å². The summed E-state index contributed by atoms with van der Waals surface area (Å²) in [6.45, 7) is 1.90. The maximum atomic E-state index is 13.6. The quantitative estimate of drug-likeness (QED) is 0.530. The second kappa shape index (κ2) is 5.41. The predicted molar refractivity (Wildman–Crippen MR) is 84.7 cm³/mol. The number of benzene rings is 2. The highest BCUT2D eigenvalue weighted by Crippen LogP contribution is 2.32. The van der Waals surface area contributed by atoms with Crippen LogP contribution < -0.4 is 0 Å². The molecule has 0 aliphatic rings. The van der Waals surface area contributed by atoms with Crippen LogP contribution in [-0.2, 0) is 0 Å². The van der Waals surface area contributed by atoms with Crippen LogP contribution in [0, 0.1) is 12.7 Å². The number of rotatable bonds is 1. The molecule has 0 aliphatic carbocycles. The Labute approximate surface area is 135 Å². The Morgan fingerprint density at radius 2 is 1.67 bits per heavy atom. The van der Waals surface area contributed by atoms with Crippen molar-refractivity contribution in [2.75, 3.05) is 0 Å². The average Bonchev–Trinajstić information content (AvgIpc) is 2.45. The fourth-order valence-electron chi connectivity index (χ4n) is 2.08. The highest BCUT2D eigenvalue weighted by Gasteiger charge is 2.13. The minimum atomic E-state index is -0.538. The number of aryl methyl sites for hydroxylation is 1. The Morgan fingerprint density at radius 3 is 2.38 bits per heavy atom. The third-order valence-electron chi connectivity index (χ3n) is 3.14. The van der Waals surface area contributed by atoms with Crippen molar-refractivity contribution in [2.45, 2.75) is 6.92 Å². The van der Waals surface area contributed by atoms with Crippen molar-refractivity contribution in [1.82, 2.24) is 9.97 Å². The van der Waals surface area contributed by atoms with Crippen molar-refractivity contribution in [3.05, 3.63) is 56.9 Å². The van der Waals surface area contributed by atoms with E-state index in [4.69, 9.17) is 34.8 Å². The molecule has 6 heteroatoms. The van der Waals surface area contributed by atoms with Crippen LogP contribution in [0.2, 0.25) is 15.2 Å². The molecule has 106 valence electrons. The zero-order valence-electron chi connectivity index (χ0n) is 10.8. The van der Waals surface area contributed by atoms with Gasteiger partial charge in [0.15, 0.2) is 5.82 Å². The Bertz CT molecular complexity index is 865. The summed E-state index contributed by atoms with van der Waals surface area (Å²) in [5.74, 6) is -0.236. The van der Waals surface area contributed by atoms with Gasteiger partial charge in [0.2, 0.25) is 0 Å². The molecule has 0 spiro atoms. The molecule has 0 atom stereocenters. The van der Waals surface area contributed by atoms with Gasteiger partial charge < -0.3 is 0 Å². The molecule has 0 bridgehead atoms. The first kappa shape index (κ1) is 14.5. The third kappa shape index (κ3) is 2.57. The minimum absolute atomic E-state index is 0.0412. The smallest absolute Gasteiger partial charge is 0.161 e. The Kier molecular flexibility index (Phi) is 3.74. The van der Waals surface area contributed by atoms with Crippen molar-refractivity contribution in [2.24, 2.45) is 0 Å². The van der Waals surface area contributed by atoms with Gasteiger partial charge in [-0.05, 0) is 36.8 Å². The molecule has 0 aliphatic heterocycles. The van der Waals surface area contributed by atoms with Gasteiger partial charge in [-0.2, -0.15) is 0 Å². The van der Waals surface area contributed by atoms with Crippen LogP contribution in [0.3, 0.4) is 0 Å². The maximum absolute atomic E-state index is 13.6. The van der Waals surface area contributed by atoms with Gasteiger partial charge in [0.05, 0.1) is 15.6 Å². The summed E-state index contributed by atoms with van der Waals surface area (Å²) in [6.07, 6.45) is 0. The van der Waals surface area contributed by atoms with E-state index >= 15 is 0 Å². The highest BCUT2D eigenvalue weighted by molar-refractivity contribution is 6.38. The molecule has 0 saturated heterocycles. The zero-order chi connectivity index (χ0) is 15.1. The largest absolute Gasteiger partial charge is 0.226 e.